The quantitative estimate of drug-likeness (QED) is 0.462. The number of nitrogens with one attached hydrogen (secondary N) is 2. The Kier molecular flexibility index (Phi) is 9.45. The first-order valence-corrected chi connectivity index (χ1v) is 13.5. The average Bonchev–Trinajstić information content (AvgIpc) is 3.39. The van der Waals surface area contributed by atoms with Crippen LogP contribution in [0.25, 0.3) is 6.08 Å². The summed E-state index contributed by atoms with van der Waals surface area (Å²) < 4.78 is 27.4. The van der Waals surface area contributed by atoms with Crippen LogP contribution < -0.4 is 15.5 Å². The van der Waals surface area contributed by atoms with Crippen LogP contribution in [0.1, 0.15) is 38.7 Å². The van der Waals surface area contributed by atoms with Gasteiger partial charge >= 0.3 is 0 Å². The van der Waals surface area contributed by atoms with E-state index in [2.05, 4.69) is 15.5 Å². The Bertz CT molecular complexity index is 1140. The molecule has 1 aliphatic heterocycles. The van der Waals surface area contributed by atoms with Crippen LogP contribution in [-0.4, -0.2) is 57.3 Å². The fourth-order valence-electron chi connectivity index (χ4n) is 4.03. The summed E-state index contributed by atoms with van der Waals surface area (Å²) in [5, 5.41) is 5.58. The van der Waals surface area contributed by atoms with Gasteiger partial charge in [-0.05, 0) is 42.7 Å². The Labute approximate surface area is 208 Å². The number of anilines is 2. The molecule has 9 heteroatoms. The second-order valence-electron chi connectivity index (χ2n) is 8.30. The van der Waals surface area contributed by atoms with Crippen molar-refractivity contribution in [2.24, 2.45) is 0 Å². The second-order valence-corrected chi connectivity index (χ2v) is 10.2. The van der Waals surface area contributed by atoms with Crippen molar-refractivity contribution in [2.45, 2.75) is 38.0 Å². The standard InChI is InChI=1S/C26H34N4O4S/c1-3-30(4-2)35(33,34)22-13-14-24(29-18-8-9-19-29)23(20-22)28-26(32)16-17-27-25(31)15-12-21-10-6-5-7-11-21/h5-7,10-15,20H,3-4,8-9,16-19H2,1-2H3,(H,27,31)(H,28,32)/b15-12+. The zero-order valence-corrected chi connectivity index (χ0v) is 21.2. The molecule has 0 unspecified atom stereocenters. The minimum absolute atomic E-state index is 0.0668. The van der Waals surface area contributed by atoms with Crippen LogP contribution in [0.4, 0.5) is 11.4 Å². The number of nitrogens with zero attached hydrogens (tertiary/aromatic N) is 2. The van der Waals surface area contributed by atoms with Crippen LogP contribution in [0.5, 0.6) is 0 Å². The van der Waals surface area contributed by atoms with Gasteiger partial charge in [-0.1, -0.05) is 44.2 Å². The van der Waals surface area contributed by atoms with Crippen LogP contribution in [0, 0.1) is 0 Å². The van der Waals surface area contributed by atoms with Crippen LogP contribution in [0.2, 0.25) is 0 Å². The van der Waals surface area contributed by atoms with Crippen molar-refractivity contribution in [1.29, 1.82) is 0 Å². The van der Waals surface area contributed by atoms with Crippen molar-refractivity contribution >= 4 is 39.3 Å². The van der Waals surface area contributed by atoms with Gasteiger partial charge in [-0.3, -0.25) is 9.59 Å². The molecular formula is C26H34N4O4S. The van der Waals surface area contributed by atoms with Gasteiger partial charge in [-0.2, -0.15) is 4.31 Å². The Balaban J connectivity index is 1.67. The van der Waals surface area contributed by atoms with Crippen LogP contribution in [0.15, 0.2) is 59.5 Å². The fraction of sp³-hybridized carbons (Fsp3) is 0.385. The summed E-state index contributed by atoms with van der Waals surface area (Å²) in [6.45, 7) is 6.21. The van der Waals surface area contributed by atoms with Gasteiger partial charge in [0.2, 0.25) is 21.8 Å². The maximum atomic E-state index is 13.0. The van der Waals surface area contributed by atoms with Crippen molar-refractivity contribution in [2.75, 3.05) is 42.9 Å². The molecule has 8 nitrogen and oxygen atoms in total. The SMILES string of the molecule is CCN(CC)S(=O)(=O)c1ccc(N2CCCC2)c(NC(=O)CCNC(=O)/C=C/c2ccccc2)c1. The van der Waals surface area contributed by atoms with Gasteiger partial charge in [-0.25, -0.2) is 8.42 Å². The van der Waals surface area contributed by atoms with E-state index < -0.39 is 10.0 Å². The number of benzene rings is 2. The monoisotopic (exact) mass is 498 g/mol. The highest BCUT2D eigenvalue weighted by Crippen LogP contribution is 2.32. The van der Waals surface area contributed by atoms with E-state index in [4.69, 9.17) is 0 Å². The van der Waals surface area contributed by atoms with Gasteiger partial charge in [-0.15, -0.1) is 0 Å². The van der Waals surface area contributed by atoms with Crippen molar-refractivity contribution in [3.63, 3.8) is 0 Å². The average molecular weight is 499 g/mol. The summed E-state index contributed by atoms with van der Waals surface area (Å²) in [6.07, 6.45) is 5.31. The molecule has 0 spiro atoms. The van der Waals surface area contributed by atoms with Crippen molar-refractivity contribution in [3.05, 3.63) is 60.2 Å². The molecule has 1 aliphatic rings. The topological polar surface area (TPSA) is 98.8 Å². The molecular weight excluding hydrogens is 464 g/mol. The third-order valence-electron chi connectivity index (χ3n) is 5.91. The summed E-state index contributed by atoms with van der Waals surface area (Å²) in [7, 11) is -3.66. The highest BCUT2D eigenvalue weighted by atomic mass is 32.2. The van der Waals surface area contributed by atoms with E-state index in [1.165, 1.54) is 10.4 Å². The maximum absolute atomic E-state index is 13.0. The molecule has 2 N–H and O–H groups in total. The molecule has 1 saturated heterocycles. The van der Waals surface area contributed by atoms with Crippen LogP contribution in [0.3, 0.4) is 0 Å². The number of hydrogen-bond acceptors (Lipinski definition) is 5. The first-order chi connectivity index (χ1) is 16.8. The molecule has 0 radical (unpaired) electrons. The molecule has 1 fully saturated rings. The van der Waals surface area contributed by atoms with Gasteiger partial charge < -0.3 is 15.5 Å². The molecule has 2 amide bonds. The normalized spacial score (nSPS) is 14.0. The zero-order valence-electron chi connectivity index (χ0n) is 20.4. The molecule has 0 atom stereocenters. The first-order valence-electron chi connectivity index (χ1n) is 12.0. The molecule has 2 aromatic carbocycles. The third-order valence-corrected chi connectivity index (χ3v) is 7.96. The fourth-order valence-corrected chi connectivity index (χ4v) is 5.51. The Morgan fingerprint density at radius 2 is 1.71 bits per heavy atom. The van der Waals surface area contributed by atoms with Crippen molar-refractivity contribution in [1.82, 2.24) is 9.62 Å². The highest BCUT2D eigenvalue weighted by Gasteiger charge is 2.25. The van der Waals surface area contributed by atoms with Gasteiger partial charge in [0, 0.05) is 45.2 Å². The second kappa shape index (κ2) is 12.5. The Morgan fingerprint density at radius 1 is 1.03 bits per heavy atom. The molecule has 0 aromatic heterocycles. The predicted molar refractivity (Wildman–Crippen MR) is 140 cm³/mol. The van der Waals surface area contributed by atoms with E-state index in [-0.39, 0.29) is 29.7 Å². The van der Waals surface area contributed by atoms with Gasteiger partial charge in [0.05, 0.1) is 16.3 Å². The minimum atomic E-state index is -3.66. The van der Waals surface area contributed by atoms with Gasteiger partial charge in [0.25, 0.3) is 0 Å². The van der Waals surface area contributed by atoms with E-state index >= 15 is 0 Å². The predicted octanol–water partition coefficient (Wildman–Crippen LogP) is 3.48. The van der Waals surface area contributed by atoms with E-state index in [9.17, 15) is 18.0 Å². The van der Waals surface area contributed by atoms with E-state index in [1.807, 2.05) is 30.3 Å². The molecule has 2 aromatic rings. The Hall–Kier alpha value is -3.17. The first kappa shape index (κ1) is 26.4. The highest BCUT2D eigenvalue weighted by molar-refractivity contribution is 7.89. The number of amides is 2. The smallest absolute Gasteiger partial charge is 0.244 e. The molecule has 3 rings (SSSR count). The molecule has 0 aliphatic carbocycles. The minimum Gasteiger partial charge on any atom is -0.370 e. The molecule has 0 bridgehead atoms. The summed E-state index contributed by atoms with van der Waals surface area (Å²) in [5.41, 5.74) is 2.19. The lowest BCUT2D eigenvalue weighted by Crippen LogP contribution is -2.31. The van der Waals surface area contributed by atoms with E-state index in [0.29, 0.717) is 18.8 Å². The van der Waals surface area contributed by atoms with Crippen LogP contribution in [-0.2, 0) is 19.6 Å². The van der Waals surface area contributed by atoms with Gasteiger partial charge in [0.1, 0.15) is 0 Å². The molecule has 1 heterocycles. The van der Waals surface area contributed by atoms with Crippen molar-refractivity contribution < 1.29 is 18.0 Å². The number of hydrogen-bond donors (Lipinski definition) is 2. The van der Waals surface area contributed by atoms with Gasteiger partial charge in [0.15, 0.2) is 0 Å². The summed E-state index contributed by atoms with van der Waals surface area (Å²) >= 11 is 0. The molecule has 188 valence electrons. The van der Waals surface area contributed by atoms with E-state index in [0.717, 1.165) is 37.2 Å². The van der Waals surface area contributed by atoms with Crippen LogP contribution >= 0.6 is 0 Å². The summed E-state index contributed by atoms with van der Waals surface area (Å²) in [5.74, 6) is -0.582. The number of carbonyl (C=O) groups excluding carboxylic acids is 2. The third kappa shape index (κ3) is 7.16. The number of sulfonamides is 1. The molecule has 0 saturated carbocycles. The lowest BCUT2D eigenvalue weighted by Gasteiger charge is -2.24. The zero-order chi connectivity index (χ0) is 25.3. The number of carbonyl (C=O) groups is 2. The van der Waals surface area contributed by atoms with E-state index in [1.54, 1.807) is 38.1 Å². The summed E-state index contributed by atoms with van der Waals surface area (Å²) in [4.78, 5) is 27.0. The van der Waals surface area contributed by atoms with Crippen molar-refractivity contribution in [3.8, 4) is 0 Å². The number of rotatable bonds is 11. The lowest BCUT2D eigenvalue weighted by molar-refractivity contribution is -0.117. The molecule has 35 heavy (non-hydrogen) atoms. The lowest BCUT2D eigenvalue weighted by atomic mass is 10.2. The summed E-state index contributed by atoms with van der Waals surface area (Å²) in [6, 6.07) is 14.4. The maximum Gasteiger partial charge on any atom is 0.244 e. The largest absolute Gasteiger partial charge is 0.370 e. The Morgan fingerprint density at radius 3 is 2.37 bits per heavy atom.